The van der Waals surface area contributed by atoms with Gasteiger partial charge >= 0.3 is 0 Å². The molecule has 4 rings (SSSR count). The van der Waals surface area contributed by atoms with Crippen molar-refractivity contribution in [3.63, 3.8) is 0 Å². The van der Waals surface area contributed by atoms with Crippen molar-refractivity contribution in [1.29, 1.82) is 0 Å². The van der Waals surface area contributed by atoms with Crippen LogP contribution < -0.4 is 11.6 Å². The molecule has 0 aromatic carbocycles. The van der Waals surface area contributed by atoms with Crippen molar-refractivity contribution in [3.8, 4) is 0 Å². The van der Waals surface area contributed by atoms with E-state index in [0.717, 1.165) is 35.0 Å². The molecule has 3 heterocycles. The first-order valence-corrected chi connectivity index (χ1v) is 9.15. The molecular weight excluding hydrogens is 381 g/mol. The average molecular weight is 400 g/mol. The number of halogens is 2. The molecule has 1 aliphatic carbocycles. The Morgan fingerprint density at radius 1 is 1.36 bits per heavy atom. The van der Waals surface area contributed by atoms with Crippen molar-refractivity contribution in [2.75, 3.05) is 6.54 Å². The summed E-state index contributed by atoms with van der Waals surface area (Å²) in [5, 5.41) is 1.27. The van der Waals surface area contributed by atoms with Gasteiger partial charge in [0.1, 0.15) is 5.82 Å². The number of allylic oxidation sites excluding steroid dienone is 2. The van der Waals surface area contributed by atoms with E-state index < -0.39 is 5.82 Å². The van der Waals surface area contributed by atoms with E-state index in [2.05, 4.69) is 26.0 Å². The van der Waals surface area contributed by atoms with Gasteiger partial charge in [0.2, 0.25) is 5.29 Å². The minimum Gasteiger partial charge on any atom is -0.361 e. The van der Waals surface area contributed by atoms with Crippen LogP contribution in [0, 0.1) is 5.82 Å². The number of nitrogens with zero attached hydrogens (tertiary/aromatic N) is 4. The van der Waals surface area contributed by atoms with E-state index in [9.17, 15) is 4.39 Å². The Morgan fingerprint density at radius 2 is 2.18 bits per heavy atom. The number of rotatable bonds is 4. The van der Waals surface area contributed by atoms with Gasteiger partial charge in [-0.2, -0.15) is 4.99 Å². The molecule has 2 aromatic heterocycles. The topological polar surface area (TPSA) is 109 Å². The summed E-state index contributed by atoms with van der Waals surface area (Å²) in [4.78, 5) is 15.8. The standard InChI is InChI=1S/C19H19ClFN7/c1-10(14-2-3-15-16(14)11(4-5-22)8-25-15)18-26-17(27-19(20)28(18)23)12-6-13(21)9-24-7-12/h2-3,6-9,14,25H,4-5,22-23H2,1H3/b18-10-. The Hall–Kier alpha value is -2.81. The van der Waals surface area contributed by atoms with Crippen LogP contribution in [0.25, 0.3) is 6.08 Å². The van der Waals surface area contributed by atoms with Crippen molar-refractivity contribution in [3.05, 3.63) is 70.3 Å². The van der Waals surface area contributed by atoms with Gasteiger partial charge in [0.15, 0.2) is 11.7 Å². The van der Waals surface area contributed by atoms with Crippen LogP contribution in [0.1, 0.15) is 35.2 Å². The molecule has 1 atom stereocenters. The molecule has 0 radical (unpaired) electrons. The third kappa shape index (κ3) is 3.15. The highest BCUT2D eigenvalue weighted by Gasteiger charge is 2.29. The number of pyridine rings is 1. The summed E-state index contributed by atoms with van der Waals surface area (Å²) in [5.41, 5.74) is 10.4. The highest BCUT2D eigenvalue weighted by molar-refractivity contribution is 6.65. The third-order valence-corrected chi connectivity index (χ3v) is 5.10. The number of nitrogens with one attached hydrogen (secondary N) is 1. The quantitative estimate of drug-likeness (QED) is 0.542. The van der Waals surface area contributed by atoms with Crippen LogP contribution in [0.15, 0.2) is 52.1 Å². The summed E-state index contributed by atoms with van der Waals surface area (Å²) in [6, 6.07) is 1.30. The molecule has 0 saturated heterocycles. The molecule has 9 heteroatoms. The van der Waals surface area contributed by atoms with Crippen molar-refractivity contribution < 1.29 is 4.39 Å². The Kier molecular flexibility index (Phi) is 4.84. The highest BCUT2D eigenvalue weighted by Crippen LogP contribution is 2.39. The molecule has 2 aliphatic rings. The summed E-state index contributed by atoms with van der Waals surface area (Å²) < 4.78 is 13.6. The van der Waals surface area contributed by atoms with E-state index in [4.69, 9.17) is 23.2 Å². The number of aliphatic imine (C=N–C) groups is 2. The van der Waals surface area contributed by atoms with Gasteiger partial charge in [-0.3, -0.25) is 4.98 Å². The molecule has 0 amide bonds. The van der Waals surface area contributed by atoms with Crippen molar-refractivity contribution in [2.24, 2.45) is 21.6 Å². The lowest BCUT2D eigenvalue weighted by Gasteiger charge is -2.25. The van der Waals surface area contributed by atoms with E-state index in [0.29, 0.717) is 17.9 Å². The molecule has 1 unspecified atom stereocenters. The van der Waals surface area contributed by atoms with Gasteiger partial charge in [0.25, 0.3) is 0 Å². The number of hydrogen-bond acceptors (Lipinski definition) is 6. The van der Waals surface area contributed by atoms with Crippen LogP contribution in [0.4, 0.5) is 4.39 Å². The normalized spacial score (nSPS) is 20.2. The zero-order chi connectivity index (χ0) is 19.8. The first-order chi connectivity index (χ1) is 13.5. The third-order valence-electron chi connectivity index (χ3n) is 4.84. The predicted molar refractivity (Wildman–Crippen MR) is 108 cm³/mol. The second kappa shape index (κ2) is 7.31. The van der Waals surface area contributed by atoms with Gasteiger partial charge in [-0.15, -0.1) is 0 Å². The SMILES string of the molecule is C/C(=C1\N=C(c2cncc(F)c2)N=C(Cl)N1N)C1C=Cc2[nH]cc(CCN)c21. The highest BCUT2D eigenvalue weighted by atomic mass is 35.5. The van der Waals surface area contributed by atoms with Crippen LogP contribution in [-0.4, -0.2) is 32.7 Å². The lowest BCUT2D eigenvalue weighted by molar-refractivity contribution is 0.530. The second-order valence-electron chi connectivity index (χ2n) is 6.60. The van der Waals surface area contributed by atoms with Crippen LogP contribution in [0.2, 0.25) is 0 Å². The van der Waals surface area contributed by atoms with Crippen LogP contribution in [0.3, 0.4) is 0 Å². The number of aromatic amines is 1. The lowest BCUT2D eigenvalue weighted by Crippen LogP contribution is -2.37. The van der Waals surface area contributed by atoms with Crippen molar-refractivity contribution in [2.45, 2.75) is 19.3 Å². The Bertz CT molecular complexity index is 1050. The van der Waals surface area contributed by atoms with Crippen LogP contribution in [0.5, 0.6) is 0 Å². The fourth-order valence-corrected chi connectivity index (χ4v) is 3.66. The second-order valence-corrected chi connectivity index (χ2v) is 6.94. The molecule has 0 spiro atoms. The fraction of sp³-hybridized carbons (Fsp3) is 0.211. The van der Waals surface area contributed by atoms with Gasteiger partial charge < -0.3 is 10.7 Å². The Balaban J connectivity index is 1.79. The maximum atomic E-state index is 13.6. The fourth-order valence-electron chi connectivity index (χ4n) is 3.50. The summed E-state index contributed by atoms with van der Waals surface area (Å²) in [6.07, 6.45) is 9.46. The number of amidine groups is 2. The molecule has 28 heavy (non-hydrogen) atoms. The zero-order valence-electron chi connectivity index (χ0n) is 15.2. The minimum atomic E-state index is -0.480. The predicted octanol–water partition coefficient (Wildman–Crippen LogP) is 2.62. The van der Waals surface area contributed by atoms with E-state index in [1.165, 1.54) is 17.3 Å². The number of H-pyrrole nitrogens is 1. The van der Waals surface area contributed by atoms with E-state index in [1.807, 2.05) is 19.2 Å². The van der Waals surface area contributed by atoms with Gasteiger partial charge in [0.05, 0.1) is 6.20 Å². The number of nitrogens with two attached hydrogens (primary N) is 2. The van der Waals surface area contributed by atoms with E-state index in [-0.39, 0.29) is 17.0 Å². The molecule has 0 fully saturated rings. The smallest absolute Gasteiger partial charge is 0.221 e. The number of hydrazine groups is 1. The first kappa shape index (κ1) is 18.5. The van der Waals surface area contributed by atoms with Gasteiger partial charge in [-0.1, -0.05) is 6.08 Å². The molecule has 5 N–H and O–H groups in total. The van der Waals surface area contributed by atoms with Gasteiger partial charge in [-0.25, -0.2) is 20.2 Å². The van der Waals surface area contributed by atoms with Crippen molar-refractivity contribution >= 4 is 28.8 Å². The summed E-state index contributed by atoms with van der Waals surface area (Å²) >= 11 is 6.24. The number of fused-ring (bicyclic) bond motifs is 1. The number of aromatic nitrogens is 2. The molecule has 7 nitrogen and oxygen atoms in total. The molecule has 2 aromatic rings. The lowest BCUT2D eigenvalue weighted by atomic mass is 9.92. The van der Waals surface area contributed by atoms with Gasteiger partial charge in [-0.05, 0) is 60.3 Å². The van der Waals surface area contributed by atoms with E-state index in [1.54, 1.807) is 0 Å². The minimum absolute atomic E-state index is 0.0259. The Morgan fingerprint density at radius 3 is 2.93 bits per heavy atom. The summed E-state index contributed by atoms with van der Waals surface area (Å²) in [6.45, 7) is 2.50. The van der Waals surface area contributed by atoms with Crippen LogP contribution in [-0.2, 0) is 6.42 Å². The van der Waals surface area contributed by atoms with E-state index >= 15 is 0 Å². The average Bonchev–Trinajstić information content (AvgIpc) is 3.27. The van der Waals surface area contributed by atoms with Crippen molar-refractivity contribution in [1.82, 2.24) is 15.0 Å². The Labute approximate surface area is 166 Å². The first-order valence-electron chi connectivity index (χ1n) is 8.77. The largest absolute Gasteiger partial charge is 0.361 e. The summed E-state index contributed by atoms with van der Waals surface area (Å²) in [7, 11) is 0. The molecule has 144 valence electrons. The monoisotopic (exact) mass is 399 g/mol. The van der Waals surface area contributed by atoms with Gasteiger partial charge in [0, 0.05) is 29.6 Å². The summed E-state index contributed by atoms with van der Waals surface area (Å²) in [5.74, 6) is 6.33. The maximum absolute atomic E-state index is 13.6. The maximum Gasteiger partial charge on any atom is 0.221 e. The molecule has 0 saturated carbocycles. The molecular formula is C19H19ClFN7. The zero-order valence-corrected chi connectivity index (χ0v) is 15.9. The molecule has 0 bridgehead atoms. The number of hydrogen-bond donors (Lipinski definition) is 3. The molecule has 1 aliphatic heterocycles. The van der Waals surface area contributed by atoms with Crippen LogP contribution >= 0.6 is 11.6 Å².